The predicted octanol–water partition coefficient (Wildman–Crippen LogP) is 3.92. The highest BCUT2D eigenvalue weighted by Crippen LogP contribution is 2.19. The van der Waals surface area contributed by atoms with Crippen LogP contribution in [0.3, 0.4) is 0 Å². The van der Waals surface area contributed by atoms with Gasteiger partial charge in [0.15, 0.2) is 0 Å². The molecule has 0 saturated carbocycles. The van der Waals surface area contributed by atoms with E-state index in [9.17, 15) is 4.79 Å². The number of carbonyl (C=O) groups is 1. The molecule has 1 aromatic carbocycles. The quantitative estimate of drug-likeness (QED) is 0.497. The highest BCUT2D eigenvalue weighted by molar-refractivity contribution is 6.02. The standard InChI is InChI=1S/C23H23N5O2/c1-16-21(17(2)27(3)26-16)10-11-23(29)25-18-7-6-8-20(13-18)30-15-19-14-28-12-5-4-9-22(28)24-19/h4-14H,15H2,1-3H3,(H,25,29)/b11-10+. The Morgan fingerprint density at radius 2 is 2.07 bits per heavy atom. The van der Waals surface area contributed by atoms with Gasteiger partial charge < -0.3 is 14.5 Å². The van der Waals surface area contributed by atoms with Gasteiger partial charge in [-0.3, -0.25) is 9.48 Å². The van der Waals surface area contributed by atoms with Crippen molar-refractivity contribution in [2.45, 2.75) is 20.5 Å². The lowest BCUT2D eigenvalue weighted by Gasteiger charge is -2.07. The second kappa shape index (κ2) is 8.24. The first-order valence-electron chi connectivity index (χ1n) is 9.64. The summed E-state index contributed by atoms with van der Waals surface area (Å²) in [7, 11) is 1.89. The number of hydrogen-bond acceptors (Lipinski definition) is 4. The van der Waals surface area contributed by atoms with Crippen LogP contribution < -0.4 is 10.1 Å². The number of aryl methyl sites for hydroxylation is 2. The van der Waals surface area contributed by atoms with Gasteiger partial charge in [-0.15, -0.1) is 0 Å². The molecule has 0 radical (unpaired) electrons. The minimum atomic E-state index is -0.213. The van der Waals surface area contributed by atoms with Crippen molar-refractivity contribution in [2.75, 3.05) is 5.32 Å². The molecule has 0 aliphatic heterocycles. The van der Waals surface area contributed by atoms with Crippen LogP contribution in [0.1, 0.15) is 22.6 Å². The summed E-state index contributed by atoms with van der Waals surface area (Å²) in [6.45, 7) is 4.24. The molecule has 0 fully saturated rings. The number of nitrogens with zero attached hydrogens (tertiary/aromatic N) is 4. The van der Waals surface area contributed by atoms with E-state index in [1.807, 2.05) is 74.1 Å². The van der Waals surface area contributed by atoms with Crippen LogP contribution in [-0.4, -0.2) is 25.1 Å². The number of pyridine rings is 1. The Hall–Kier alpha value is -3.87. The number of anilines is 1. The summed E-state index contributed by atoms with van der Waals surface area (Å²) < 4.78 is 9.61. The Bertz CT molecular complexity index is 1200. The van der Waals surface area contributed by atoms with E-state index in [0.717, 1.165) is 28.3 Å². The summed E-state index contributed by atoms with van der Waals surface area (Å²) >= 11 is 0. The molecular formula is C23H23N5O2. The first-order chi connectivity index (χ1) is 14.5. The zero-order chi connectivity index (χ0) is 21.1. The fraction of sp³-hybridized carbons (Fsp3) is 0.174. The monoisotopic (exact) mass is 401 g/mol. The lowest BCUT2D eigenvalue weighted by atomic mass is 10.2. The summed E-state index contributed by atoms with van der Waals surface area (Å²) in [5.41, 5.74) is 5.23. The molecule has 1 N–H and O–H groups in total. The number of hydrogen-bond donors (Lipinski definition) is 1. The summed E-state index contributed by atoms with van der Waals surface area (Å²) in [5.74, 6) is 0.447. The van der Waals surface area contributed by atoms with Crippen molar-refractivity contribution in [2.24, 2.45) is 7.05 Å². The number of rotatable bonds is 6. The Morgan fingerprint density at radius 3 is 2.83 bits per heavy atom. The van der Waals surface area contributed by atoms with Crippen LogP contribution in [0.5, 0.6) is 5.75 Å². The number of ether oxygens (including phenoxy) is 1. The van der Waals surface area contributed by atoms with E-state index in [1.165, 1.54) is 6.08 Å². The highest BCUT2D eigenvalue weighted by Gasteiger charge is 2.07. The molecule has 152 valence electrons. The predicted molar refractivity (Wildman–Crippen MR) is 116 cm³/mol. The molecule has 1 amide bonds. The zero-order valence-electron chi connectivity index (χ0n) is 17.2. The number of carbonyl (C=O) groups excluding carboxylic acids is 1. The largest absolute Gasteiger partial charge is 0.487 e. The van der Waals surface area contributed by atoms with Crippen molar-refractivity contribution in [3.8, 4) is 5.75 Å². The van der Waals surface area contributed by atoms with Gasteiger partial charge in [-0.25, -0.2) is 4.98 Å². The van der Waals surface area contributed by atoms with Crippen LogP contribution in [-0.2, 0) is 18.4 Å². The molecule has 0 unspecified atom stereocenters. The SMILES string of the molecule is Cc1nn(C)c(C)c1/C=C/C(=O)Nc1cccc(OCc2cn3ccccc3n2)c1. The molecule has 0 aliphatic carbocycles. The first kappa shape index (κ1) is 19.4. The maximum absolute atomic E-state index is 12.3. The Kier molecular flexibility index (Phi) is 5.34. The Morgan fingerprint density at radius 1 is 1.20 bits per heavy atom. The minimum absolute atomic E-state index is 0.213. The van der Waals surface area contributed by atoms with Crippen molar-refractivity contribution >= 4 is 23.3 Å². The molecule has 0 saturated heterocycles. The Balaban J connectivity index is 1.39. The number of imidazole rings is 1. The molecule has 3 heterocycles. The van der Waals surface area contributed by atoms with Gasteiger partial charge in [0.2, 0.25) is 5.91 Å². The number of nitrogens with one attached hydrogen (secondary N) is 1. The lowest BCUT2D eigenvalue weighted by molar-refractivity contribution is -0.111. The van der Waals surface area contributed by atoms with Crippen LogP contribution >= 0.6 is 0 Å². The van der Waals surface area contributed by atoms with Crippen molar-refractivity contribution < 1.29 is 9.53 Å². The van der Waals surface area contributed by atoms with Gasteiger partial charge in [0.25, 0.3) is 0 Å². The fourth-order valence-electron chi connectivity index (χ4n) is 3.25. The van der Waals surface area contributed by atoms with Crippen LogP contribution in [0.25, 0.3) is 11.7 Å². The van der Waals surface area contributed by atoms with Gasteiger partial charge in [-0.1, -0.05) is 12.1 Å². The van der Waals surface area contributed by atoms with E-state index in [2.05, 4.69) is 15.4 Å². The van der Waals surface area contributed by atoms with Crippen molar-refractivity contribution in [3.05, 3.63) is 83.6 Å². The molecule has 3 aromatic heterocycles. The van der Waals surface area contributed by atoms with Crippen LogP contribution in [0.2, 0.25) is 0 Å². The number of benzene rings is 1. The van der Waals surface area contributed by atoms with Crippen molar-refractivity contribution in [1.82, 2.24) is 19.2 Å². The highest BCUT2D eigenvalue weighted by atomic mass is 16.5. The van der Waals surface area contributed by atoms with Gasteiger partial charge in [-0.2, -0.15) is 5.10 Å². The maximum Gasteiger partial charge on any atom is 0.248 e. The van der Waals surface area contributed by atoms with Gasteiger partial charge in [-0.05, 0) is 44.2 Å². The third-order valence-electron chi connectivity index (χ3n) is 4.87. The average Bonchev–Trinajstić information content (AvgIpc) is 3.25. The van der Waals surface area contributed by atoms with E-state index >= 15 is 0 Å². The van der Waals surface area contributed by atoms with Crippen molar-refractivity contribution in [3.63, 3.8) is 0 Å². The van der Waals surface area contributed by atoms with E-state index in [1.54, 1.807) is 16.8 Å². The smallest absolute Gasteiger partial charge is 0.248 e. The van der Waals surface area contributed by atoms with E-state index < -0.39 is 0 Å². The molecule has 30 heavy (non-hydrogen) atoms. The summed E-state index contributed by atoms with van der Waals surface area (Å²) in [6, 6.07) is 13.2. The van der Waals surface area contributed by atoms with E-state index in [-0.39, 0.29) is 5.91 Å². The number of fused-ring (bicyclic) bond motifs is 1. The van der Waals surface area contributed by atoms with Gasteiger partial charge in [0.05, 0.1) is 11.4 Å². The summed E-state index contributed by atoms with van der Waals surface area (Å²) in [6.07, 6.45) is 7.19. The average molecular weight is 401 g/mol. The number of amides is 1. The second-order valence-corrected chi connectivity index (χ2v) is 7.05. The third-order valence-corrected chi connectivity index (χ3v) is 4.87. The van der Waals surface area contributed by atoms with Crippen LogP contribution in [0.15, 0.2) is 60.9 Å². The molecule has 7 nitrogen and oxygen atoms in total. The molecule has 0 atom stereocenters. The summed E-state index contributed by atoms with van der Waals surface area (Å²) in [4.78, 5) is 16.8. The fourth-order valence-corrected chi connectivity index (χ4v) is 3.25. The molecule has 7 heteroatoms. The zero-order valence-corrected chi connectivity index (χ0v) is 17.2. The lowest BCUT2D eigenvalue weighted by Crippen LogP contribution is -2.08. The van der Waals surface area contributed by atoms with Gasteiger partial charge in [0, 0.05) is 48.5 Å². The molecular weight excluding hydrogens is 378 g/mol. The van der Waals surface area contributed by atoms with Crippen LogP contribution in [0.4, 0.5) is 5.69 Å². The second-order valence-electron chi connectivity index (χ2n) is 7.05. The van der Waals surface area contributed by atoms with Crippen molar-refractivity contribution in [1.29, 1.82) is 0 Å². The summed E-state index contributed by atoms with van der Waals surface area (Å²) in [5, 5.41) is 7.22. The maximum atomic E-state index is 12.3. The topological polar surface area (TPSA) is 73.5 Å². The Labute approximate surface area is 174 Å². The number of aromatic nitrogens is 4. The molecule has 0 bridgehead atoms. The van der Waals surface area contributed by atoms with E-state index in [0.29, 0.717) is 18.0 Å². The van der Waals surface area contributed by atoms with Gasteiger partial charge >= 0.3 is 0 Å². The molecule has 0 spiro atoms. The third kappa shape index (κ3) is 4.25. The normalized spacial score (nSPS) is 11.3. The van der Waals surface area contributed by atoms with Gasteiger partial charge in [0.1, 0.15) is 18.0 Å². The minimum Gasteiger partial charge on any atom is -0.487 e. The van der Waals surface area contributed by atoms with E-state index in [4.69, 9.17) is 4.74 Å². The molecule has 0 aliphatic rings. The molecule has 4 rings (SSSR count). The first-order valence-corrected chi connectivity index (χ1v) is 9.64. The molecule has 4 aromatic rings. The van der Waals surface area contributed by atoms with Crippen LogP contribution in [0, 0.1) is 13.8 Å².